The van der Waals surface area contributed by atoms with Crippen molar-refractivity contribution in [3.05, 3.63) is 47.9 Å². The van der Waals surface area contributed by atoms with Gasteiger partial charge in [-0.1, -0.05) is 18.2 Å². The van der Waals surface area contributed by atoms with Crippen molar-refractivity contribution in [1.29, 1.82) is 0 Å². The smallest absolute Gasteiger partial charge is 0.272 e. The molecule has 7 heteroatoms. The lowest BCUT2D eigenvalue weighted by molar-refractivity contribution is 0.0299. The molecule has 0 bridgehead atoms. The van der Waals surface area contributed by atoms with E-state index in [-0.39, 0.29) is 5.91 Å². The van der Waals surface area contributed by atoms with Gasteiger partial charge in [0.2, 0.25) is 0 Å². The third kappa shape index (κ3) is 3.80. The highest BCUT2D eigenvalue weighted by atomic mass is 16.5. The van der Waals surface area contributed by atoms with Crippen LogP contribution in [0.2, 0.25) is 0 Å². The molecule has 1 saturated heterocycles. The van der Waals surface area contributed by atoms with Gasteiger partial charge in [0.25, 0.3) is 5.91 Å². The molecular formula is C17H20N4O3. The molecule has 7 nitrogen and oxygen atoms in total. The molecule has 3 rings (SSSR count). The minimum absolute atomic E-state index is 0.0963. The first-order chi connectivity index (χ1) is 11.8. The Bertz CT molecular complexity index is 702. The van der Waals surface area contributed by atoms with Crippen LogP contribution in [-0.4, -0.2) is 54.2 Å². The lowest BCUT2D eigenvalue weighted by Crippen LogP contribution is -2.41. The first-order valence-electron chi connectivity index (χ1n) is 7.83. The number of methoxy groups -OCH3 is 1. The number of aromatic nitrogens is 2. The maximum Gasteiger partial charge on any atom is 0.272 e. The van der Waals surface area contributed by atoms with Gasteiger partial charge in [0.05, 0.1) is 20.3 Å². The van der Waals surface area contributed by atoms with Crippen molar-refractivity contribution in [1.82, 2.24) is 14.9 Å². The van der Waals surface area contributed by atoms with Crippen LogP contribution in [-0.2, 0) is 11.3 Å². The number of morpholine rings is 1. The van der Waals surface area contributed by atoms with Crippen molar-refractivity contribution in [3.8, 4) is 5.75 Å². The molecule has 0 radical (unpaired) electrons. The molecule has 1 fully saturated rings. The van der Waals surface area contributed by atoms with E-state index >= 15 is 0 Å². The van der Waals surface area contributed by atoms with Crippen molar-refractivity contribution in [2.24, 2.45) is 0 Å². The van der Waals surface area contributed by atoms with Gasteiger partial charge in [-0.2, -0.15) is 0 Å². The molecule has 1 aliphatic heterocycles. The highest BCUT2D eigenvalue weighted by Crippen LogP contribution is 2.18. The molecule has 1 aliphatic rings. The van der Waals surface area contributed by atoms with Gasteiger partial charge in [0.15, 0.2) is 0 Å². The van der Waals surface area contributed by atoms with Crippen LogP contribution in [0.3, 0.4) is 0 Å². The first kappa shape index (κ1) is 16.2. The molecule has 1 aromatic heterocycles. The number of carbonyl (C=O) groups excluding carboxylic acids is 1. The normalized spacial score (nSPS) is 14.3. The number of para-hydroxylation sites is 1. The van der Waals surface area contributed by atoms with Crippen LogP contribution in [0.15, 0.2) is 36.7 Å². The van der Waals surface area contributed by atoms with Crippen LogP contribution in [0, 0.1) is 0 Å². The largest absolute Gasteiger partial charge is 0.496 e. The Morgan fingerprint density at radius 3 is 2.88 bits per heavy atom. The zero-order valence-electron chi connectivity index (χ0n) is 13.6. The van der Waals surface area contributed by atoms with Gasteiger partial charge in [-0.3, -0.25) is 4.79 Å². The summed E-state index contributed by atoms with van der Waals surface area (Å²) < 4.78 is 10.6. The summed E-state index contributed by atoms with van der Waals surface area (Å²) in [5.41, 5.74) is 1.40. The van der Waals surface area contributed by atoms with Gasteiger partial charge >= 0.3 is 0 Å². The van der Waals surface area contributed by atoms with Gasteiger partial charge in [0, 0.05) is 31.3 Å². The Hall–Kier alpha value is -2.67. The van der Waals surface area contributed by atoms with E-state index in [0.29, 0.717) is 44.4 Å². The van der Waals surface area contributed by atoms with Crippen molar-refractivity contribution in [2.45, 2.75) is 6.54 Å². The molecule has 0 saturated carbocycles. The second-order valence-corrected chi connectivity index (χ2v) is 5.36. The molecule has 1 amide bonds. The molecule has 1 N–H and O–H groups in total. The van der Waals surface area contributed by atoms with Gasteiger partial charge < -0.3 is 19.7 Å². The zero-order valence-corrected chi connectivity index (χ0v) is 13.6. The third-order valence-electron chi connectivity index (χ3n) is 3.84. The second-order valence-electron chi connectivity index (χ2n) is 5.36. The zero-order chi connectivity index (χ0) is 16.8. The molecule has 1 aromatic carbocycles. The number of nitrogens with zero attached hydrogens (tertiary/aromatic N) is 3. The monoisotopic (exact) mass is 328 g/mol. The van der Waals surface area contributed by atoms with Crippen LogP contribution >= 0.6 is 0 Å². The molecule has 0 spiro atoms. The molecule has 2 aromatic rings. The van der Waals surface area contributed by atoms with E-state index in [1.54, 1.807) is 18.1 Å². The Labute approximate surface area is 140 Å². The molecule has 126 valence electrons. The van der Waals surface area contributed by atoms with E-state index in [0.717, 1.165) is 11.3 Å². The third-order valence-corrected chi connectivity index (χ3v) is 3.84. The van der Waals surface area contributed by atoms with Gasteiger partial charge in [-0.25, -0.2) is 9.97 Å². The number of nitrogens with one attached hydrogen (secondary N) is 1. The number of carbonyl (C=O) groups is 1. The van der Waals surface area contributed by atoms with Crippen molar-refractivity contribution < 1.29 is 14.3 Å². The summed E-state index contributed by atoms with van der Waals surface area (Å²) in [7, 11) is 1.64. The number of ether oxygens (including phenoxy) is 2. The SMILES string of the molecule is COc1ccccc1CNc1cc(C(=O)N2CCOCC2)ncn1. The highest BCUT2D eigenvalue weighted by molar-refractivity contribution is 5.92. The number of rotatable bonds is 5. The number of amides is 1. The number of hydrogen-bond donors (Lipinski definition) is 1. The van der Waals surface area contributed by atoms with Crippen molar-refractivity contribution in [2.75, 3.05) is 38.7 Å². The van der Waals surface area contributed by atoms with E-state index in [2.05, 4.69) is 15.3 Å². The predicted octanol–water partition coefficient (Wildman–Crippen LogP) is 1.57. The Morgan fingerprint density at radius 1 is 1.29 bits per heavy atom. The molecule has 24 heavy (non-hydrogen) atoms. The number of benzene rings is 1. The fraction of sp³-hybridized carbons (Fsp3) is 0.353. The average Bonchev–Trinajstić information content (AvgIpc) is 2.67. The summed E-state index contributed by atoms with van der Waals surface area (Å²) in [5.74, 6) is 1.32. The summed E-state index contributed by atoms with van der Waals surface area (Å²) in [6.45, 7) is 2.86. The van der Waals surface area contributed by atoms with Crippen LogP contribution < -0.4 is 10.1 Å². The van der Waals surface area contributed by atoms with Gasteiger partial charge in [-0.05, 0) is 6.07 Å². The fourth-order valence-electron chi connectivity index (χ4n) is 2.53. The highest BCUT2D eigenvalue weighted by Gasteiger charge is 2.20. The molecule has 2 heterocycles. The van der Waals surface area contributed by atoms with E-state index in [1.165, 1.54) is 6.33 Å². The van der Waals surface area contributed by atoms with E-state index < -0.39 is 0 Å². The minimum atomic E-state index is -0.0963. The van der Waals surface area contributed by atoms with Crippen molar-refractivity contribution in [3.63, 3.8) is 0 Å². The van der Waals surface area contributed by atoms with E-state index in [9.17, 15) is 4.79 Å². The maximum absolute atomic E-state index is 12.5. The van der Waals surface area contributed by atoms with Gasteiger partial charge in [0.1, 0.15) is 23.6 Å². The van der Waals surface area contributed by atoms with Crippen LogP contribution in [0.5, 0.6) is 5.75 Å². The summed E-state index contributed by atoms with van der Waals surface area (Å²) in [5, 5.41) is 3.21. The molecule has 0 aliphatic carbocycles. The van der Waals surface area contributed by atoms with Crippen molar-refractivity contribution >= 4 is 11.7 Å². The Balaban J connectivity index is 1.67. The summed E-state index contributed by atoms with van der Waals surface area (Å²) in [4.78, 5) is 22.5. The first-order valence-corrected chi connectivity index (χ1v) is 7.83. The second kappa shape index (κ2) is 7.74. The maximum atomic E-state index is 12.5. The predicted molar refractivity (Wildman–Crippen MR) is 89.1 cm³/mol. The lowest BCUT2D eigenvalue weighted by atomic mass is 10.2. The molecular weight excluding hydrogens is 308 g/mol. The minimum Gasteiger partial charge on any atom is -0.496 e. The van der Waals surface area contributed by atoms with Crippen LogP contribution in [0.1, 0.15) is 16.1 Å². The standard InChI is InChI=1S/C17H20N4O3/c1-23-15-5-3-2-4-13(15)11-18-16-10-14(19-12-20-16)17(22)21-6-8-24-9-7-21/h2-5,10,12H,6-9,11H2,1H3,(H,18,19,20). The number of hydrogen-bond acceptors (Lipinski definition) is 6. The summed E-state index contributed by atoms with van der Waals surface area (Å²) >= 11 is 0. The topological polar surface area (TPSA) is 76.6 Å². The Kier molecular flexibility index (Phi) is 5.22. The fourth-order valence-corrected chi connectivity index (χ4v) is 2.53. The lowest BCUT2D eigenvalue weighted by Gasteiger charge is -2.26. The Morgan fingerprint density at radius 2 is 2.08 bits per heavy atom. The number of anilines is 1. The van der Waals surface area contributed by atoms with Crippen LogP contribution in [0.25, 0.3) is 0 Å². The summed E-state index contributed by atoms with van der Waals surface area (Å²) in [6, 6.07) is 9.43. The van der Waals surface area contributed by atoms with Crippen LogP contribution in [0.4, 0.5) is 5.82 Å². The molecule has 0 unspecified atom stereocenters. The van der Waals surface area contributed by atoms with E-state index in [4.69, 9.17) is 9.47 Å². The van der Waals surface area contributed by atoms with Gasteiger partial charge in [-0.15, -0.1) is 0 Å². The summed E-state index contributed by atoms with van der Waals surface area (Å²) in [6.07, 6.45) is 1.40. The quantitative estimate of drug-likeness (QED) is 0.898. The van der Waals surface area contributed by atoms with E-state index in [1.807, 2.05) is 24.3 Å². The average molecular weight is 328 g/mol. The molecule has 0 atom stereocenters.